The highest BCUT2D eigenvalue weighted by atomic mass is 35.5. The molecule has 3 saturated heterocycles. The van der Waals surface area contributed by atoms with Crippen molar-refractivity contribution in [2.75, 3.05) is 19.6 Å². The molecule has 4 bridgehead atoms. The molecule has 1 unspecified atom stereocenters. The van der Waals surface area contributed by atoms with E-state index in [0.717, 1.165) is 30.2 Å². The zero-order valence-corrected chi connectivity index (χ0v) is 15.2. The van der Waals surface area contributed by atoms with Crippen LogP contribution in [-0.4, -0.2) is 36.5 Å². The van der Waals surface area contributed by atoms with Gasteiger partial charge >= 0.3 is 0 Å². The van der Waals surface area contributed by atoms with E-state index in [1.165, 1.54) is 49.9 Å². The first-order valence-electron chi connectivity index (χ1n) is 9.67. The Morgan fingerprint density at radius 3 is 2.68 bits per heavy atom. The molecule has 5 heteroatoms. The summed E-state index contributed by atoms with van der Waals surface area (Å²) < 4.78 is 6.29. The summed E-state index contributed by atoms with van der Waals surface area (Å²) in [5.41, 5.74) is 8.62. The molecule has 1 aromatic carbocycles. The molecular weight excluding hydrogens is 336 g/mol. The van der Waals surface area contributed by atoms with E-state index in [2.05, 4.69) is 4.90 Å². The fourth-order valence-corrected chi connectivity index (χ4v) is 6.08. The summed E-state index contributed by atoms with van der Waals surface area (Å²) in [4.78, 5) is 14.6. The van der Waals surface area contributed by atoms with E-state index in [4.69, 9.17) is 22.1 Å². The van der Waals surface area contributed by atoms with Gasteiger partial charge in [-0.2, -0.15) is 0 Å². The number of benzene rings is 1. The lowest BCUT2D eigenvalue weighted by atomic mass is 9.69. The maximum absolute atomic E-state index is 12.0. The minimum Gasteiger partial charge on any atom is -0.489 e. The summed E-state index contributed by atoms with van der Waals surface area (Å²) in [5, 5.41) is 0.721. The van der Waals surface area contributed by atoms with Gasteiger partial charge in [0, 0.05) is 23.0 Å². The molecule has 4 fully saturated rings. The van der Waals surface area contributed by atoms with Gasteiger partial charge in [-0.15, -0.1) is 0 Å². The lowest BCUT2D eigenvalue weighted by molar-refractivity contribution is 0.0827. The van der Waals surface area contributed by atoms with Gasteiger partial charge in [-0.05, 0) is 75.1 Å². The minimum absolute atomic E-state index is 0.227. The van der Waals surface area contributed by atoms with Crippen LogP contribution in [0.1, 0.15) is 71.8 Å². The second kappa shape index (κ2) is 5.88. The molecule has 0 aromatic heterocycles. The highest BCUT2D eigenvalue weighted by Crippen LogP contribution is 2.53. The van der Waals surface area contributed by atoms with Gasteiger partial charge in [0.15, 0.2) is 0 Å². The summed E-state index contributed by atoms with van der Waals surface area (Å²) in [7, 11) is 0. The smallest absolute Gasteiger partial charge is 0.252 e. The zero-order valence-electron chi connectivity index (χ0n) is 14.5. The van der Waals surface area contributed by atoms with Gasteiger partial charge in [0.05, 0.1) is 11.7 Å². The molecule has 3 atom stereocenters. The van der Waals surface area contributed by atoms with Crippen molar-refractivity contribution in [3.05, 3.63) is 27.8 Å². The predicted octanol–water partition coefficient (Wildman–Crippen LogP) is 3.67. The van der Waals surface area contributed by atoms with Crippen molar-refractivity contribution >= 4 is 17.5 Å². The van der Waals surface area contributed by atoms with E-state index < -0.39 is 5.91 Å². The molecule has 6 rings (SSSR count). The minimum atomic E-state index is -0.432. The Morgan fingerprint density at radius 1 is 1.20 bits per heavy atom. The summed E-state index contributed by atoms with van der Waals surface area (Å²) in [6.45, 7) is 3.51. The van der Waals surface area contributed by atoms with Crippen LogP contribution in [0.25, 0.3) is 0 Å². The first-order chi connectivity index (χ1) is 12.1. The molecule has 1 aliphatic carbocycles. The normalized spacial score (nSPS) is 35.8. The number of rotatable bonds is 2. The van der Waals surface area contributed by atoms with Crippen molar-refractivity contribution in [1.29, 1.82) is 0 Å². The Bertz CT molecular complexity index is 727. The first kappa shape index (κ1) is 16.0. The molecule has 2 N–H and O–H groups in total. The number of carbonyl (C=O) groups excluding carboxylic acids is 1. The van der Waals surface area contributed by atoms with E-state index in [9.17, 15) is 4.79 Å². The lowest BCUT2D eigenvalue weighted by Gasteiger charge is -2.47. The van der Waals surface area contributed by atoms with Crippen LogP contribution in [0.3, 0.4) is 0 Å². The average Bonchev–Trinajstić information content (AvgIpc) is 2.62. The molecule has 4 heterocycles. The predicted molar refractivity (Wildman–Crippen MR) is 97.5 cm³/mol. The van der Waals surface area contributed by atoms with E-state index in [-0.39, 0.29) is 6.10 Å². The molecule has 134 valence electrons. The third-order valence-corrected chi connectivity index (χ3v) is 7.23. The largest absolute Gasteiger partial charge is 0.489 e. The van der Waals surface area contributed by atoms with Crippen LogP contribution in [0, 0.1) is 5.92 Å². The van der Waals surface area contributed by atoms with Crippen molar-refractivity contribution in [2.24, 2.45) is 11.7 Å². The van der Waals surface area contributed by atoms with Crippen LogP contribution < -0.4 is 10.5 Å². The molecule has 1 aromatic rings. The fourth-order valence-electron chi connectivity index (χ4n) is 5.73. The maximum atomic E-state index is 12.0. The zero-order chi connectivity index (χ0) is 17.1. The molecule has 1 saturated carbocycles. The third kappa shape index (κ3) is 2.48. The monoisotopic (exact) mass is 360 g/mol. The second-order valence-electron chi connectivity index (χ2n) is 8.27. The molecule has 5 aliphatic rings. The Labute approximate surface area is 153 Å². The highest BCUT2D eigenvalue weighted by molar-refractivity contribution is 6.32. The van der Waals surface area contributed by atoms with Crippen LogP contribution in [-0.2, 0) is 0 Å². The maximum Gasteiger partial charge on any atom is 0.252 e. The number of amides is 1. The third-order valence-electron chi connectivity index (χ3n) is 6.92. The highest BCUT2D eigenvalue weighted by Gasteiger charge is 2.42. The SMILES string of the molecule is NC(=O)c1cc(Cl)c(C2CN3CCC2CC3)c2c1O[C@H]1CCC[C@H]2C1. The molecule has 4 nitrogen and oxygen atoms in total. The first-order valence-corrected chi connectivity index (χ1v) is 10.0. The summed E-state index contributed by atoms with van der Waals surface area (Å²) in [6.07, 6.45) is 7.21. The summed E-state index contributed by atoms with van der Waals surface area (Å²) in [6, 6.07) is 1.77. The van der Waals surface area contributed by atoms with E-state index in [1.54, 1.807) is 6.07 Å². The quantitative estimate of drug-likeness (QED) is 0.875. The number of ether oxygens (including phenoxy) is 1. The van der Waals surface area contributed by atoms with Crippen molar-refractivity contribution in [2.45, 2.75) is 56.5 Å². The van der Waals surface area contributed by atoms with Gasteiger partial charge in [-0.1, -0.05) is 11.6 Å². The number of piperidine rings is 3. The van der Waals surface area contributed by atoms with Crippen molar-refractivity contribution in [3.63, 3.8) is 0 Å². The Morgan fingerprint density at radius 2 is 2.00 bits per heavy atom. The fraction of sp³-hybridized carbons (Fsp3) is 0.650. The van der Waals surface area contributed by atoms with E-state index >= 15 is 0 Å². The van der Waals surface area contributed by atoms with Crippen LogP contribution in [0.5, 0.6) is 5.75 Å². The number of carbonyl (C=O) groups is 1. The summed E-state index contributed by atoms with van der Waals surface area (Å²) >= 11 is 6.78. The van der Waals surface area contributed by atoms with Crippen LogP contribution >= 0.6 is 11.6 Å². The Hall–Kier alpha value is -1.26. The average molecular weight is 361 g/mol. The molecule has 4 aliphatic heterocycles. The standard InChI is InChI=1S/C20H25ClN2O2/c21-16-9-14(20(22)24)19-17(12-2-1-3-13(8-12)25-19)18(16)15-10-23-6-4-11(15)5-7-23/h9,11-13,15H,1-8,10H2,(H2,22,24)/t12-,13-,15?/m0/s1. The van der Waals surface area contributed by atoms with Crippen molar-refractivity contribution < 1.29 is 9.53 Å². The number of hydrogen-bond acceptors (Lipinski definition) is 3. The van der Waals surface area contributed by atoms with Crippen LogP contribution in [0.4, 0.5) is 0 Å². The van der Waals surface area contributed by atoms with Crippen LogP contribution in [0.2, 0.25) is 5.02 Å². The Balaban J connectivity index is 1.69. The van der Waals surface area contributed by atoms with Gasteiger partial charge in [0.2, 0.25) is 0 Å². The van der Waals surface area contributed by atoms with Gasteiger partial charge in [0.25, 0.3) is 5.91 Å². The van der Waals surface area contributed by atoms with E-state index in [1.807, 2.05) is 0 Å². The van der Waals surface area contributed by atoms with Gasteiger partial charge in [-0.25, -0.2) is 0 Å². The van der Waals surface area contributed by atoms with Crippen molar-refractivity contribution in [1.82, 2.24) is 4.90 Å². The number of primary amides is 1. The van der Waals surface area contributed by atoms with Gasteiger partial charge in [0.1, 0.15) is 5.75 Å². The second-order valence-corrected chi connectivity index (χ2v) is 8.68. The lowest BCUT2D eigenvalue weighted by Crippen LogP contribution is -2.46. The van der Waals surface area contributed by atoms with E-state index in [0.29, 0.717) is 23.3 Å². The number of fused-ring (bicyclic) bond motifs is 7. The molecule has 0 radical (unpaired) electrons. The molecule has 25 heavy (non-hydrogen) atoms. The number of hydrogen-bond donors (Lipinski definition) is 1. The number of halogens is 1. The topological polar surface area (TPSA) is 55.6 Å². The molecule has 1 amide bonds. The van der Waals surface area contributed by atoms with Crippen molar-refractivity contribution in [3.8, 4) is 5.75 Å². The van der Waals surface area contributed by atoms with Gasteiger partial charge in [-0.3, -0.25) is 4.79 Å². The number of nitrogens with zero attached hydrogens (tertiary/aromatic N) is 1. The Kier molecular flexibility index (Phi) is 3.75. The molecule has 0 spiro atoms. The van der Waals surface area contributed by atoms with Gasteiger partial charge < -0.3 is 15.4 Å². The van der Waals surface area contributed by atoms with Crippen LogP contribution in [0.15, 0.2) is 6.07 Å². The summed E-state index contributed by atoms with van der Waals surface area (Å²) in [5.74, 6) is 1.95. The molecular formula is C20H25ClN2O2. The number of nitrogens with two attached hydrogens (primary N) is 1.